The molecule has 0 spiro atoms. The van der Waals surface area contributed by atoms with Crippen LogP contribution in [0.2, 0.25) is 0 Å². The Morgan fingerprint density at radius 1 is 1.38 bits per heavy atom. The highest BCUT2D eigenvalue weighted by Gasteiger charge is 1.99. The number of rotatable bonds is 5. The summed E-state index contributed by atoms with van der Waals surface area (Å²) < 4.78 is 1.54. The highest BCUT2D eigenvalue weighted by molar-refractivity contribution is 5.27. The van der Waals surface area contributed by atoms with Crippen LogP contribution in [-0.4, -0.2) is 43.4 Å². The van der Waals surface area contributed by atoms with Gasteiger partial charge < -0.3 is 10.4 Å². The van der Waals surface area contributed by atoms with Crippen molar-refractivity contribution in [3.05, 3.63) is 30.4 Å². The molecule has 0 unspecified atom stereocenters. The highest BCUT2D eigenvalue weighted by Crippen LogP contribution is 2.03. The van der Waals surface area contributed by atoms with E-state index >= 15 is 0 Å². The second-order valence-corrected chi connectivity index (χ2v) is 3.16. The molecule has 2 N–H and O–H groups in total. The summed E-state index contributed by atoms with van der Waals surface area (Å²) in [6.07, 6.45) is 3.22. The quantitative estimate of drug-likeness (QED) is 0.637. The van der Waals surface area contributed by atoms with Crippen molar-refractivity contribution in [2.24, 2.45) is 0 Å². The van der Waals surface area contributed by atoms with Gasteiger partial charge >= 0.3 is 0 Å². The van der Waals surface area contributed by atoms with Gasteiger partial charge in [0.05, 0.1) is 24.2 Å². The number of aliphatic hydroxyl groups excluding tert-OH is 1. The molecule has 0 atom stereocenters. The van der Waals surface area contributed by atoms with Gasteiger partial charge in [0.1, 0.15) is 6.33 Å². The van der Waals surface area contributed by atoms with Crippen molar-refractivity contribution in [1.82, 2.24) is 30.5 Å². The molecule has 16 heavy (non-hydrogen) atoms. The molecule has 84 valence electrons. The molecule has 2 aromatic heterocycles. The molecule has 0 aliphatic heterocycles. The average molecular weight is 220 g/mol. The number of tetrazole rings is 1. The van der Waals surface area contributed by atoms with Crippen LogP contribution in [0.15, 0.2) is 24.7 Å². The fourth-order valence-electron chi connectivity index (χ4n) is 1.23. The maximum atomic E-state index is 8.60. The lowest BCUT2D eigenvalue weighted by molar-refractivity contribution is 0.291. The predicted octanol–water partition coefficient (Wildman–Crippen LogP) is -0.861. The molecular weight excluding hydrogens is 208 g/mol. The number of nitrogens with one attached hydrogen (secondary N) is 1. The van der Waals surface area contributed by atoms with Gasteiger partial charge in [0.25, 0.3) is 0 Å². The fourth-order valence-corrected chi connectivity index (χ4v) is 1.23. The number of nitrogens with zero attached hydrogens (tertiary/aromatic N) is 5. The van der Waals surface area contributed by atoms with E-state index in [0.717, 1.165) is 11.4 Å². The number of aromatic nitrogens is 5. The number of aliphatic hydroxyl groups is 1. The first kappa shape index (κ1) is 10.7. The summed E-state index contributed by atoms with van der Waals surface area (Å²) in [5.74, 6) is 0. The minimum atomic E-state index is 0.128. The Bertz CT molecular complexity index is 412. The molecule has 0 bridgehead atoms. The zero-order valence-corrected chi connectivity index (χ0v) is 8.61. The molecule has 7 heteroatoms. The van der Waals surface area contributed by atoms with Crippen LogP contribution in [0.25, 0.3) is 5.69 Å². The van der Waals surface area contributed by atoms with Gasteiger partial charge in [-0.25, -0.2) is 0 Å². The van der Waals surface area contributed by atoms with Crippen molar-refractivity contribution in [1.29, 1.82) is 0 Å². The van der Waals surface area contributed by atoms with Gasteiger partial charge in [-0.05, 0) is 22.6 Å². The summed E-state index contributed by atoms with van der Waals surface area (Å²) in [5, 5.41) is 22.5. The molecule has 0 saturated carbocycles. The predicted molar refractivity (Wildman–Crippen MR) is 55.7 cm³/mol. The van der Waals surface area contributed by atoms with Crippen molar-refractivity contribution in [3.8, 4) is 5.69 Å². The Kier molecular flexibility index (Phi) is 3.52. The Labute approximate surface area is 92.1 Å². The molecule has 0 radical (unpaired) electrons. The normalized spacial score (nSPS) is 10.6. The van der Waals surface area contributed by atoms with Crippen molar-refractivity contribution in [3.63, 3.8) is 0 Å². The van der Waals surface area contributed by atoms with E-state index in [9.17, 15) is 0 Å². The van der Waals surface area contributed by atoms with E-state index in [1.807, 2.05) is 12.1 Å². The van der Waals surface area contributed by atoms with Crippen LogP contribution >= 0.6 is 0 Å². The smallest absolute Gasteiger partial charge is 0.143 e. The molecule has 2 heterocycles. The van der Waals surface area contributed by atoms with Gasteiger partial charge in [0.15, 0.2) is 0 Å². The summed E-state index contributed by atoms with van der Waals surface area (Å²) in [6, 6.07) is 3.78. The number of hydrogen-bond acceptors (Lipinski definition) is 6. The molecule has 0 fully saturated rings. The summed E-state index contributed by atoms with van der Waals surface area (Å²) in [5.41, 5.74) is 1.72. The van der Waals surface area contributed by atoms with Crippen LogP contribution in [0.1, 0.15) is 5.69 Å². The van der Waals surface area contributed by atoms with Crippen molar-refractivity contribution in [2.45, 2.75) is 6.54 Å². The Morgan fingerprint density at radius 3 is 2.94 bits per heavy atom. The van der Waals surface area contributed by atoms with Gasteiger partial charge in [-0.3, -0.25) is 4.98 Å². The van der Waals surface area contributed by atoms with Crippen molar-refractivity contribution >= 4 is 0 Å². The highest BCUT2D eigenvalue weighted by atomic mass is 16.3. The first-order valence-electron chi connectivity index (χ1n) is 4.90. The van der Waals surface area contributed by atoms with Crippen LogP contribution in [0.5, 0.6) is 0 Å². The van der Waals surface area contributed by atoms with Crippen LogP contribution in [0.4, 0.5) is 0 Å². The second kappa shape index (κ2) is 5.29. The topological polar surface area (TPSA) is 88.8 Å². The minimum Gasteiger partial charge on any atom is -0.395 e. The third-order valence-electron chi connectivity index (χ3n) is 2.02. The maximum absolute atomic E-state index is 8.60. The zero-order valence-electron chi connectivity index (χ0n) is 8.61. The lowest BCUT2D eigenvalue weighted by Gasteiger charge is -2.03. The van der Waals surface area contributed by atoms with E-state index in [1.54, 1.807) is 6.20 Å². The zero-order chi connectivity index (χ0) is 11.2. The lowest BCUT2D eigenvalue weighted by atomic mass is 10.3. The van der Waals surface area contributed by atoms with E-state index in [1.165, 1.54) is 11.0 Å². The Hall–Kier alpha value is -1.86. The van der Waals surface area contributed by atoms with E-state index < -0.39 is 0 Å². The Balaban J connectivity index is 2.00. The average Bonchev–Trinajstić information content (AvgIpc) is 2.84. The second-order valence-electron chi connectivity index (χ2n) is 3.16. The van der Waals surface area contributed by atoms with Crippen molar-refractivity contribution in [2.75, 3.05) is 13.2 Å². The van der Waals surface area contributed by atoms with Crippen LogP contribution in [-0.2, 0) is 6.54 Å². The van der Waals surface area contributed by atoms with Gasteiger partial charge in [0.2, 0.25) is 0 Å². The monoisotopic (exact) mass is 220 g/mol. The summed E-state index contributed by atoms with van der Waals surface area (Å²) in [4.78, 5) is 4.25. The molecule has 2 aromatic rings. The number of pyridine rings is 1. The van der Waals surface area contributed by atoms with E-state index in [2.05, 4.69) is 25.8 Å². The van der Waals surface area contributed by atoms with Gasteiger partial charge in [-0.1, -0.05) is 0 Å². The van der Waals surface area contributed by atoms with E-state index in [0.29, 0.717) is 13.1 Å². The number of hydrogen-bond donors (Lipinski definition) is 2. The summed E-state index contributed by atoms with van der Waals surface area (Å²) >= 11 is 0. The van der Waals surface area contributed by atoms with Crippen LogP contribution in [0, 0.1) is 0 Å². The molecule has 0 saturated heterocycles. The molecular formula is C9H12N6O. The SMILES string of the molecule is OCCNCc1ccc(-n2cnnn2)cn1. The Morgan fingerprint density at radius 2 is 2.31 bits per heavy atom. The largest absolute Gasteiger partial charge is 0.395 e. The first-order chi connectivity index (χ1) is 7.90. The molecule has 7 nitrogen and oxygen atoms in total. The van der Waals surface area contributed by atoms with E-state index in [-0.39, 0.29) is 6.61 Å². The van der Waals surface area contributed by atoms with Crippen molar-refractivity contribution < 1.29 is 5.11 Å². The van der Waals surface area contributed by atoms with Gasteiger partial charge in [-0.15, -0.1) is 5.10 Å². The lowest BCUT2D eigenvalue weighted by Crippen LogP contribution is -2.18. The molecule has 2 rings (SSSR count). The maximum Gasteiger partial charge on any atom is 0.143 e. The molecule has 0 aliphatic rings. The standard InChI is InChI=1S/C9H12N6O/c16-4-3-10-5-8-1-2-9(6-11-8)15-7-12-13-14-15/h1-2,6-7,10,16H,3-5H2. The summed E-state index contributed by atoms with van der Waals surface area (Å²) in [6.45, 7) is 1.33. The first-order valence-corrected chi connectivity index (χ1v) is 4.90. The fraction of sp³-hybridized carbons (Fsp3) is 0.333. The van der Waals surface area contributed by atoms with Crippen LogP contribution in [0.3, 0.4) is 0 Å². The van der Waals surface area contributed by atoms with Gasteiger partial charge in [-0.2, -0.15) is 4.68 Å². The molecule has 0 aromatic carbocycles. The third kappa shape index (κ3) is 2.59. The minimum absolute atomic E-state index is 0.128. The third-order valence-corrected chi connectivity index (χ3v) is 2.02. The molecule has 0 aliphatic carbocycles. The summed E-state index contributed by atoms with van der Waals surface area (Å²) in [7, 11) is 0. The van der Waals surface area contributed by atoms with E-state index in [4.69, 9.17) is 5.11 Å². The van der Waals surface area contributed by atoms with Gasteiger partial charge in [0, 0.05) is 13.1 Å². The van der Waals surface area contributed by atoms with Crippen LogP contribution < -0.4 is 5.32 Å². The molecule has 0 amide bonds.